The Morgan fingerprint density at radius 3 is 2.74 bits per heavy atom. The second-order valence-corrected chi connectivity index (χ2v) is 8.03. The van der Waals surface area contributed by atoms with Gasteiger partial charge in [0.15, 0.2) is 5.60 Å². The summed E-state index contributed by atoms with van der Waals surface area (Å²) in [4.78, 5) is 12.9. The van der Waals surface area contributed by atoms with Gasteiger partial charge in [-0.15, -0.1) is 0 Å². The predicted molar refractivity (Wildman–Crippen MR) is 102 cm³/mol. The minimum Gasteiger partial charge on any atom is -0.507 e. The second-order valence-electron chi connectivity index (χ2n) is 8.03. The van der Waals surface area contributed by atoms with Crippen molar-refractivity contribution >= 4 is 5.91 Å². The van der Waals surface area contributed by atoms with Crippen LogP contribution in [0.15, 0.2) is 0 Å². The SMILES string of the molecule is Cc1c(C)c2c(c(C)c1O)CC[C@@](C)(C(=O)NCc1n[nH]c3c1CCC3)O2. The third-order valence-electron chi connectivity index (χ3n) is 6.31. The van der Waals surface area contributed by atoms with Crippen molar-refractivity contribution in [2.24, 2.45) is 0 Å². The molecule has 1 aliphatic heterocycles. The number of benzene rings is 1. The van der Waals surface area contributed by atoms with Gasteiger partial charge in [-0.1, -0.05) is 0 Å². The van der Waals surface area contributed by atoms with Crippen LogP contribution in [-0.4, -0.2) is 26.8 Å². The van der Waals surface area contributed by atoms with Crippen LogP contribution in [0.25, 0.3) is 0 Å². The van der Waals surface area contributed by atoms with E-state index in [4.69, 9.17) is 4.74 Å². The van der Waals surface area contributed by atoms with Crippen LogP contribution in [0.5, 0.6) is 11.5 Å². The molecule has 2 aromatic rings. The number of aryl methyl sites for hydroxylation is 1. The number of carbonyl (C=O) groups excluding carboxylic acids is 1. The maximum atomic E-state index is 12.9. The second kappa shape index (κ2) is 6.29. The van der Waals surface area contributed by atoms with E-state index in [2.05, 4.69) is 15.5 Å². The van der Waals surface area contributed by atoms with Crippen LogP contribution in [0, 0.1) is 20.8 Å². The zero-order chi connectivity index (χ0) is 19.3. The fraction of sp³-hybridized carbons (Fsp3) is 0.524. The third kappa shape index (κ3) is 2.78. The van der Waals surface area contributed by atoms with E-state index in [0.717, 1.165) is 53.0 Å². The summed E-state index contributed by atoms with van der Waals surface area (Å²) in [5.41, 5.74) is 6.03. The monoisotopic (exact) mass is 369 g/mol. The van der Waals surface area contributed by atoms with Gasteiger partial charge in [0.25, 0.3) is 5.91 Å². The van der Waals surface area contributed by atoms with E-state index < -0.39 is 5.60 Å². The Morgan fingerprint density at radius 1 is 1.19 bits per heavy atom. The first kappa shape index (κ1) is 17.9. The lowest BCUT2D eigenvalue weighted by atomic mass is 9.86. The molecule has 1 aromatic carbocycles. The molecule has 2 aliphatic rings. The molecule has 3 N–H and O–H groups in total. The lowest BCUT2D eigenvalue weighted by molar-refractivity contribution is -0.137. The zero-order valence-corrected chi connectivity index (χ0v) is 16.5. The topological polar surface area (TPSA) is 87.2 Å². The number of nitrogens with zero attached hydrogens (tertiary/aromatic N) is 1. The van der Waals surface area contributed by atoms with Crippen LogP contribution in [0.1, 0.15) is 59.0 Å². The molecule has 27 heavy (non-hydrogen) atoms. The molecule has 1 aromatic heterocycles. The number of ether oxygens (including phenoxy) is 1. The number of aromatic hydroxyl groups is 1. The molecule has 2 heterocycles. The van der Waals surface area contributed by atoms with Gasteiger partial charge < -0.3 is 15.2 Å². The van der Waals surface area contributed by atoms with Crippen LogP contribution in [0.2, 0.25) is 0 Å². The van der Waals surface area contributed by atoms with Gasteiger partial charge in [-0.2, -0.15) is 5.10 Å². The third-order valence-corrected chi connectivity index (χ3v) is 6.31. The Balaban J connectivity index is 1.53. The molecule has 1 atom stereocenters. The summed E-state index contributed by atoms with van der Waals surface area (Å²) in [6.07, 6.45) is 4.50. The van der Waals surface area contributed by atoms with E-state index >= 15 is 0 Å². The van der Waals surface area contributed by atoms with Crippen molar-refractivity contribution in [2.75, 3.05) is 0 Å². The van der Waals surface area contributed by atoms with E-state index in [9.17, 15) is 9.90 Å². The number of nitrogens with one attached hydrogen (secondary N) is 2. The van der Waals surface area contributed by atoms with E-state index in [1.807, 2.05) is 27.7 Å². The van der Waals surface area contributed by atoms with Crippen LogP contribution in [0.4, 0.5) is 0 Å². The van der Waals surface area contributed by atoms with Crippen molar-refractivity contribution in [1.82, 2.24) is 15.5 Å². The van der Waals surface area contributed by atoms with Gasteiger partial charge in [0.05, 0.1) is 12.2 Å². The Bertz CT molecular complexity index is 931. The lowest BCUT2D eigenvalue weighted by Gasteiger charge is -2.36. The highest BCUT2D eigenvalue weighted by molar-refractivity contribution is 5.85. The van der Waals surface area contributed by atoms with Crippen molar-refractivity contribution < 1.29 is 14.6 Å². The Kier molecular flexibility index (Phi) is 4.17. The molecular formula is C21H27N3O3. The lowest BCUT2D eigenvalue weighted by Crippen LogP contribution is -2.51. The van der Waals surface area contributed by atoms with Crippen molar-refractivity contribution in [1.29, 1.82) is 0 Å². The molecule has 1 amide bonds. The number of phenolic OH excluding ortho intramolecular Hbond substituents is 1. The summed E-state index contributed by atoms with van der Waals surface area (Å²) >= 11 is 0. The first-order valence-electron chi connectivity index (χ1n) is 9.65. The van der Waals surface area contributed by atoms with Crippen LogP contribution < -0.4 is 10.1 Å². The molecule has 1 aliphatic carbocycles. The van der Waals surface area contributed by atoms with Gasteiger partial charge in [-0.3, -0.25) is 9.89 Å². The number of rotatable bonds is 3. The number of hydrogen-bond donors (Lipinski definition) is 3. The van der Waals surface area contributed by atoms with E-state index in [1.54, 1.807) is 0 Å². The van der Waals surface area contributed by atoms with Gasteiger partial charge >= 0.3 is 0 Å². The molecule has 4 rings (SSSR count). The molecule has 0 bridgehead atoms. The number of amides is 1. The van der Waals surface area contributed by atoms with Gasteiger partial charge in [0.1, 0.15) is 11.5 Å². The number of phenols is 1. The average molecular weight is 369 g/mol. The Labute approximate surface area is 159 Å². The van der Waals surface area contributed by atoms with Crippen LogP contribution in [-0.2, 0) is 30.6 Å². The van der Waals surface area contributed by atoms with E-state index in [-0.39, 0.29) is 5.91 Å². The van der Waals surface area contributed by atoms with E-state index in [0.29, 0.717) is 25.1 Å². The molecule has 6 heteroatoms. The van der Waals surface area contributed by atoms with E-state index in [1.165, 1.54) is 11.3 Å². The summed E-state index contributed by atoms with van der Waals surface area (Å²) in [6.45, 7) is 7.99. The fourth-order valence-electron chi connectivity index (χ4n) is 4.29. The van der Waals surface area contributed by atoms with Gasteiger partial charge in [0, 0.05) is 17.7 Å². The van der Waals surface area contributed by atoms with Crippen LogP contribution >= 0.6 is 0 Å². The highest BCUT2D eigenvalue weighted by Gasteiger charge is 2.40. The number of fused-ring (bicyclic) bond motifs is 2. The molecule has 144 valence electrons. The molecule has 6 nitrogen and oxygen atoms in total. The molecule has 0 saturated carbocycles. The van der Waals surface area contributed by atoms with Crippen molar-refractivity contribution in [2.45, 2.75) is 71.9 Å². The minimum absolute atomic E-state index is 0.120. The van der Waals surface area contributed by atoms with Crippen LogP contribution in [0.3, 0.4) is 0 Å². The molecule has 0 spiro atoms. The van der Waals surface area contributed by atoms with Crippen molar-refractivity contribution in [3.8, 4) is 11.5 Å². The highest BCUT2D eigenvalue weighted by atomic mass is 16.5. The molecular weight excluding hydrogens is 342 g/mol. The zero-order valence-electron chi connectivity index (χ0n) is 16.5. The molecule has 0 unspecified atom stereocenters. The quantitative estimate of drug-likeness (QED) is 0.776. The van der Waals surface area contributed by atoms with Crippen molar-refractivity contribution in [3.05, 3.63) is 39.2 Å². The maximum absolute atomic E-state index is 12.9. The van der Waals surface area contributed by atoms with Gasteiger partial charge in [-0.05, 0) is 75.6 Å². The van der Waals surface area contributed by atoms with Gasteiger partial charge in [0.2, 0.25) is 0 Å². The smallest absolute Gasteiger partial charge is 0.264 e. The fourth-order valence-corrected chi connectivity index (χ4v) is 4.29. The Hall–Kier alpha value is -2.50. The normalized spacial score (nSPS) is 20.7. The first-order valence-corrected chi connectivity index (χ1v) is 9.65. The summed E-state index contributed by atoms with van der Waals surface area (Å²) in [5, 5.41) is 20.8. The number of aromatic amines is 1. The van der Waals surface area contributed by atoms with Gasteiger partial charge in [-0.25, -0.2) is 0 Å². The summed E-state index contributed by atoms with van der Waals surface area (Å²) < 4.78 is 6.24. The first-order chi connectivity index (χ1) is 12.8. The molecule has 0 fully saturated rings. The minimum atomic E-state index is -0.924. The predicted octanol–water partition coefficient (Wildman–Crippen LogP) is 2.93. The molecule has 0 radical (unpaired) electrons. The summed E-state index contributed by atoms with van der Waals surface area (Å²) in [6, 6.07) is 0. The summed E-state index contributed by atoms with van der Waals surface area (Å²) in [7, 11) is 0. The number of aromatic nitrogens is 2. The number of H-pyrrole nitrogens is 1. The summed E-state index contributed by atoms with van der Waals surface area (Å²) in [5.74, 6) is 0.952. The highest BCUT2D eigenvalue weighted by Crippen LogP contribution is 2.43. The number of carbonyl (C=O) groups is 1. The van der Waals surface area contributed by atoms with Crippen molar-refractivity contribution in [3.63, 3.8) is 0 Å². The maximum Gasteiger partial charge on any atom is 0.264 e. The largest absolute Gasteiger partial charge is 0.507 e. The standard InChI is InChI=1S/C21H27N3O3/c1-11-12(2)19-14(13(3)18(11)25)8-9-21(4,27-19)20(26)22-10-17-15-6-5-7-16(15)23-24-17/h25H,5-10H2,1-4H3,(H,22,26)(H,23,24)/t21-/m0/s1. The number of hydrogen-bond acceptors (Lipinski definition) is 4. The Morgan fingerprint density at radius 2 is 1.96 bits per heavy atom. The molecule has 0 saturated heterocycles. The average Bonchev–Trinajstić information content (AvgIpc) is 3.26.